The molecule has 0 fully saturated rings. The van der Waals surface area contributed by atoms with Gasteiger partial charge in [0, 0.05) is 17.1 Å². The van der Waals surface area contributed by atoms with Crippen molar-refractivity contribution in [3.8, 4) is 0 Å². The van der Waals surface area contributed by atoms with Crippen LogP contribution in [0, 0.1) is 20.8 Å². The van der Waals surface area contributed by atoms with Gasteiger partial charge in [0.05, 0.1) is 5.69 Å². The van der Waals surface area contributed by atoms with Gasteiger partial charge in [-0.25, -0.2) is 0 Å². The summed E-state index contributed by atoms with van der Waals surface area (Å²) in [5.74, 6) is 1.25. The summed E-state index contributed by atoms with van der Waals surface area (Å²) in [5.41, 5.74) is 6.01. The number of hydrogen-bond acceptors (Lipinski definition) is 1. The van der Waals surface area contributed by atoms with Gasteiger partial charge in [-0.15, -0.1) is 11.6 Å². The van der Waals surface area contributed by atoms with Crippen LogP contribution in [0.25, 0.3) is 0 Å². The summed E-state index contributed by atoms with van der Waals surface area (Å²) in [6, 6.07) is 67.0. The van der Waals surface area contributed by atoms with Gasteiger partial charge >= 0.3 is 20.4 Å². The van der Waals surface area contributed by atoms with Crippen LogP contribution in [0.1, 0.15) is 22.3 Å². The molecule has 0 aliphatic rings. The topological polar surface area (TPSA) is 12.4 Å². The first-order valence-electron chi connectivity index (χ1n) is 16.5. The van der Waals surface area contributed by atoms with Crippen LogP contribution in [0.2, 0.25) is 0 Å². The van der Waals surface area contributed by atoms with E-state index in [0.29, 0.717) is 0 Å². The van der Waals surface area contributed by atoms with E-state index in [1.807, 2.05) is 48.7 Å². The van der Waals surface area contributed by atoms with Crippen molar-refractivity contribution in [2.24, 2.45) is 4.99 Å². The zero-order valence-electron chi connectivity index (χ0n) is 28.8. The zero-order chi connectivity index (χ0) is 33.4. The maximum Gasteiger partial charge on any atom is 2.00 e. The normalized spacial score (nSPS) is 10.3. The van der Waals surface area contributed by atoms with Gasteiger partial charge in [-0.3, -0.25) is 0 Å². The summed E-state index contributed by atoms with van der Waals surface area (Å²) < 4.78 is 0. The van der Waals surface area contributed by atoms with Gasteiger partial charge in [-0.1, -0.05) is 90.5 Å². The Bertz CT molecular complexity index is 1710. The molecule has 0 aliphatic carbocycles. The molecule has 0 saturated heterocycles. The molecule has 0 aliphatic heterocycles. The maximum atomic E-state index is 4.56. The molecule has 0 spiro atoms. The van der Waals surface area contributed by atoms with Gasteiger partial charge < -0.3 is 35.3 Å². The summed E-state index contributed by atoms with van der Waals surface area (Å²) in [5, 5.41) is 6.01. The van der Waals surface area contributed by atoms with Crippen LogP contribution < -0.4 is 21.2 Å². The van der Waals surface area contributed by atoms with E-state index in [9.17, 15) is 0 Å². The van der Waals surface area contributed by atoms with E-state index in [1.54, 1.807) is 0 Å². The van der Waals surface area contributed by atoms with Gasteiger partial charge in [0.1, 0.15) is 37.1 Å². The minimum atomic E-state index is -0.847. The summed E-state index contributed by atoms with van der Waals surface area (Å²) in [4.78, 5) is 4.56. The van der Waals surface area contributed by atoms with Crippen molar-refractivity contribution >= 4 is 49.0 Å². The Morgan fingerprint density at radius 1 is 0.520 bits per heavy atom. The van der Waals surface area contributed by atoms with Crippen LogP contribution in [-0.2, 0) is 37.5 Å². The summed E-state index contributed by atoms with van der Waals surface area (Å²) in [6.07, 6.45) is 1.92. The molecule has 0 radical (unpaired) electrons. The Labute approximate surface area is 326 Å². The molecule has 0 amide bonds. The van der Waals surface area contributed by atoms with Crippen LogP contribution >= 0.6 is 15.8 Å². The average molecular weight is 824 g/mol. The molecular formula is C45H45FeNP2Pd-2. The second kappa shape index (κ2) is 22.4. The Morgan fingerprint density at radius 3 is 1.20 bits per heavy atom. The van der Waals surface area contributed by atoms with Gasteiger partial charge in [-0.2, -0.15) is 18.2 Å². The first-order valence-corrected chi connectivity index (χ1v) is 19.9. The van der Waals surface area contributed by atoms with Crippen molar-refractivity contribution in [3.05, 3.63) is 210 Å². The molecule has 7 rings (SSSR count). The van der Waals surface area contributed by atoms with Crippen LogP contribution in [0.4, 0.5) is 5.69 Å². The fourth-order valence-electron chi connectivity index (χ4n) is 5.79. The quantitative estimate of drug-likeness (QED) is 0.0627. The third-order valence-electron chi connectivity index (χ3n) is 8.06. The van der Waals surface area contributed by atoms with Crippen molar-refractivity contribution in [2.75, 3.05) is 5.90 Å². The van der Waals surface area contributed by atoms with Gasteiger partial charge in [0.25, 0.3) is 0 Å². The fourth-order valence-corrected chi connectivity index (χ4v) is 13.5. The molecule has 1 nitrogen and oxygen atoms in total. The second-order valence-electron chi connectivity index (χ2n) is 11.8. The Hall–Kier alpha value is -3.49. The molecule has 5 heteroatoms. The minimum absolute atomic E-state index is 0. The predicted molar refractivity (Wildman–Crippen MR) is 218 cm³/mol. The number of aliphatic imine (C=N–C) groups is 1. The average Bonchev–Trinajstić information content (AvgIpc) is 3.89. The number of hydrogen-bond donors (Lipinski definition) is 0. The molecule has 0 saturated carbocycles. The van der Waals surface area contributed by atoms with Crippen LogP contribution in [0.5, 0.6) is 0 Å². The van der Waals surface area contributed by atoms with E-state index in [-0.39, 0.29) is 37.5 Å². The molecule has 50 heavy (non-hydrogen) atoms. The second-order valence-corrected chi connectivity index (χ2v) is 17.4. The fraction of sp³-hybridized carbons (Fsp3) is 0.0889. The zero-order valence-corrected chi connectivity index (χ0v) is 33.5. The monoisotopic (exact) mass is 823 g/mol. The van der Waals surface area contributed by atoms with Gasteiger partial charge in [-0.05, 0) is 86.6 Å². The maximum absolute atomic E-state index is 4.56. The summed E-state index contributed by atoms with van der Waals surface area (Å²) >= 11 is 0. The minimum Gasteiger partial charge on any atom is -0.748 e. The third kappa shape index (κ3) is 12.7. The number of aryl methyl sites for hydroxylation is 3. The summed E-state index contributed by atoms with van der Waals surface area (Å²) in [7, 11) is -1.69. The molecule has 7 aromatic rings. The van der Waals surface area contributed by atoms with Crippen LogP contribution in [0.15, 0.2) is 193 Å². The smallest absolute Gasteiger partial charge is 0.748 e. The van der Waals surface area contributed by atoms with E-state index in [2.05, 4.69) is 171 Å². The van der Waals surface area contributed by atoms with E-state index in [1.165, 1.54) is 43.8 Å². The first-order chi connectivity index (χ1) is 23.6. The Balaban J connectivity index is 0.000000249. The number of rotatable bonds is 8. The predicted octanol–water partition coefficient (Wildman–Crippen LogP) is 10.2. The van der Waals surface area contributed by atoms with Crippen molar-refractivity contribution < 1.29 is 37.5 Å². The Kier molecular flexibility index (Phi) is 18.3. The van der Waals surface area contributed by atoms with E-state index >= 15 is 0 Å². The van der Waals surface area contributed by atoms with Crippen LogP contribution in [0.3, 0.4) is 0 Å². The van der Waals surface area contributed by atoms with Crippen molar-refractivity contribution in [2.45, 2.75) is 20.8 Å². The molecule has 0 heterocycles. The van der Waals surface area contributed by atoms with E-state index in [4.69, 9.17) is 0 Å². The molecule has 7 aromatic carbocycles. The molecule has 0 bridgehead atoms. The first kappa shape index (κ1) is 40.9. The van der Waals surface area contributed by atoms with E-state index in [0.717, 1.165) is 11.3 Å². The van der Waals surface area contributed by atoms with Crippen molar-refractivity contribution in [3.63, 3.8) is 0 Å². The molecule has 0 aromatic heterocycles. The molecule has 0 unspecified atom stereocenters. The molecular weight excluding hydrogens is 779 g/mol. The van der Waals surface area contributed by atoms with Crippen molar-refractivity contribution in [1.29, 1.82) is 0 Å². The number of benzene rings is 5. The number of nitrogens with zero attached hydrogens (tertiary/aromatic N) is 1. The largest absolute Gasteiger partial charge is 2.00 e. The molecule has 260 valence electrons. The van der Waals surface area contributed by atoms with Crippen LogP contribution in [-0.4, -0.2) is 12.1 Å². The van der Waals surface area contributed by atoms with Gasteiger partial charge in [0.15, 0.2) is 5.90 Å². The van der Waals surface area contributed by atoms with E-state index < -0.39 is 15.8 Å². The standard InChI is InChI=1S/C25H22P2.C15H16N.C5H5.Fe.Pd/c1-5-13-22(14-6-1)26(23-15-7-2-8-16-23)21-27(24-17-9-3-10-18-24)25-19-11-4-12-20-25;1-11-8-12(2)15(13(3)9-11)16-10-14-6-4-5-7-14;1-2-4-5-3-1;;/h1-20H,21H2;4-10H,1-3H3;1-5H;;/q;-1;-5;;+2/p+2. The SMILES string of the molecule is Cc1cc(C)c(N=Cc2ccc[cH-]2)c(C)c1.[Fe].[Pd+2].[cH-]1[cH-][cH-][cH-][cH-]1.c1ccc([PH+](C[PH+](c2ccccc2)c2ccccc2)c2ccccc2)cc1. The molecule has 0 atom stereocenters. The summed E-state index contributed by atoms with van der Waals surface area (Å²) in [6.45, 7) is 6.33. The van der Waals surface area contributed by atoms with Gasteiger partial charge in [0.2, 0.25) is 0 Å². The Morgan fingerprint density at radius 2 is 0.880 bits per heavy atom. The molecule has 0 N–H and O–H groups in total. The third-order valence-corrected chi connectivity index (χ3v) is 15.0. The van der Waals surface area contributed by atoms with Crippen molar-refractivity contribution in [1.82, 2.24) is 0 Å².